The zero-order chi connectivity index (χ0) is 12.2. The van der Waals surface area contributed by atoms with Gasteiger partial charge in [-0.1, -0.05) is 0 Å². The highest BCUT2D eigenvalue weighted by atomic mass is 16.6. The fourth-order valence-corrected chi connectivity index (χ4v) is 0.881. The van der Waals surface area contributed by atoms with Crippen LogP contribution in [0.1, 0.15) is 27.7 Å². The number of aliphatic hydroxyl groups is 1. The first-order valence-corrected chi connectivity index (χ1v) is 4.68. The number of carbonyl (C=O) groups excluding carboxylic acids is 2. The summed E-state index contributed by atoms with van der Waals surface area (Å²) in [5.41, 5.74) is -0.687. The van der Waals surface area contributed by atoms with Crippen LogP contribution in [0.4, 0.5) is 0 Å². The van der Waals surface area contributed by atoms with Gasteiger partial charge in [-0.25, -0.2) is 4.79 Å². The molecule has 1 N–H and O–H groups in total. The average Bonchev–Trinajstić information content (AvgIpc) is 2.11. The first-order chi connectivity index (χ1) is 6.69. The molecule has 5 heteroatoms. The van der Waals surface area contributed by atoms with Crippen LogP contribution in [0.5, 0.6) is 0 Å². The van der Waals surface area contributed by atoms with Crippen molar-refractivity contribution >= 4 is 11.9 Å². The summed E-state index contributed by atoms with van der Waals surface area (Å²) in [5, 5.41) is 9.48. The summed E-state index contributed by atoms with van der Waals surface area (Å²) < 4.78 is 9.33. The fraction of sp³-hybridized carbons (Fsp3) is 0.800. The average molecular weight is 218 g/mol. The molecule has 0 saturated carbocycles. The molecule has 0 amide bonds. The van der Waals surface area contributed by atoms with Crippen molar-refractivity contribution in [2.45, 2.75) is 39.4 Å². The van der Waals surface area contributed by atoms with Crippen molar-refractivity contribution in [3.63, 3.8) is 0 Å². The monoisotopic (exact) mass is 218 g/mol. The van der Waals surface area contributed by atoms with Crippen LogP contribution in [0.15, 0.2) is 0 Å². The molecular weight excluding hydrogens is 200 g/mol. The Morgan fingerprint density at radius 3 is 2.00 bits per heavy atom. The molecule has 0 radical (unpaired) electrons. The molecule has 0 spiro atoms. The Morgan fingerprint density at radius 2 is 1.67 bits per heavy atom. The van der Waals surface area contributed by atoms with Gasteiger partial charge in [0.25, 0.3) is 0 Å². The Morgan fingerprint density at radius 1 is 1.20 bits per heavy atom. The highest BCUT2D eigenvalue weighted by Gasteiger charge is 2.32. The first kappa shape index (κ1) is 13.9. The molecule has 0 aliphatic carbocycles. The Labute approximate surface area is 89.4 Å². The van der Waals surface area contributed by atoms with Crippen LogP contribution in [-0.2, 0) is 19.1 Å². The molecular formula is C10H18O5. The second-order valence-electron chi connectivity index (χ2n) is 4.29. The molecule has 88 valence electrons. The number of esters is 2. The van der Waals surface area contributed by atoms with Gasteiger partial charge in [0, 0.05) is 0 Å². The van der Waals surface area contributed by atoms with E-state index >= 15 is 0 Å². The van der Waals surface area contributed by atoms with E-state index in [9.17, 15) is 14.7 Å². The van der Waals surface area contributed by atoms with E-state index in [0.717, 1.165) is 0 Å². The number of aliphatic hydroxyl groups excluding tert-OH is 1. The van der Waals surface area contributed by atoms with Gasteiger partial charge < -0.3 is 14.6 Å². The summed E-state index contributed by atoms with van der Waals surface area (Å²) in [5.74, 6) is -2.39. The summed E-state index contributed by atoms with van der Waals surface area (Å²) in [6, 6.07) is 0. The van der Waals surface area contributed by atoms with Crippen LogP contribution in [-0.4, -0.2) is 35.9 Å². The van der Waals surface area contributed by atoms with Crippen LogP contribution in [0.2, 0.25) is 0 Å². The largest absolute Gasteiger partial charge is 0.469 e. The highest BCUT2D eigenvalue weighted by Crippen LogP contribution is 2.13. The lowest BCUT2D eigenvalue weighted by Gasteiger charge is -2.23. The van der Waals surface area contributed by atoms with Gasteiger partial charge in [0.15, 0.2) is 6.10 Å². The molecule has 0 heterocycles. The van der Waals surface area contributed by atoms with E-state index < -0.39 is 29.6 Å². The Balaban J connectivity index is 4.39. The van der Waals surface area contributed by atoms with Crippen molar-refractivity contribution in [2.24, 2.45) is 5.92 Å². The molecule has 0 rings (SSSR count). The molecule has 2 atom stereocenters. The molecule has 0 aromatic carbocycles. The minimum absolute atomic E-state index is 0.645. The van der Waals surface area contributed by atoms with Crippen molar-refractivity contribution in [3.8, 4) is 0 Å². The maximum atomic E-state index is 11.3. The van der Waals surface area contributed by atoms with E-state index in [2.05, 4.69) is 4.74 Å². The zero-order valence-electron chi connectivity index (χ0n) is 9.73. The van der Waals surface area contributed by atoms with Crippen molar-refractivity contribution in [2.75, 3.05) is 7.11 Å². The topological polar surface area (TPSA) is 72.8 Å². The number of rotatable bonds is 3. The number of hydrogen-bond acceptors (Lipinski definition) is 5. The summed E-state index contributed by atoms with van der Waals surface area (Å²) in [6.45, 7) is 6.45. The predicted octanol–water partition coefficient (Wildman–Crippen LogP) is 0.498. The van der Waals surface area contributed by atoms with Crippen molar-refractivity contribution < 1.29 is 24.2 Å². The molecule has 0 bridgehead atoms. The molecule has 0 aromatic rings. The summed E-state index contributed by atoms with van der Waals surface area (Å²) in [7, 11) is 1.20. The van der Waals surface area contributed by atoms with Crippen LogP contribution in [0.25, 0.3) is 0 Å². The highest BCUT2D eigenvalue weighted by molar-refractivity contribution is 5.83. The maximum Gasteiger partial charge on any atom is 0.336 e. The Bertz CT molecular complexity index is 241. The molecule has 15 heavy (non-hydrogen) atoms. The minimum atomic E-state index is -1.49. The van der Waals surface area contributed by atoms with E-state index in [4.69, 9.17) is 4.74 Å². The van der Waals surface area contributed by atoms with Crippen molar-refractivity contribution in [1.29, 1.82) is 0 Å². The summed E-state index contributed by atoms with van der Waals surface area (Å²) in [6.07, 6.45) is -1.49. The minimum Gasteiger partial charge on any atom is -0.469 e. The van der Waals surface area contributed by atoms with E-state index in [0.29, 0.717) is 0 Å². The van der Waals surface area contributed by atoms with Crippen molar-refractivity contribution in [1.82, 2.24) is 0 Å². The van der Waals surface area contributed by atoms with Gasteiger partial charge in [-0.15, -0.1) is 0 Å². The Hall–Kier alpha value is -1.10. The van der Waals surface area contributed by atoms with Gasteiger partial charge in [0.2, 0.25) is 0 Å². The van der Waals surface area contributed by atoms with Gasteiger partial charge in [-0.2, -0.15) is 0 Å². The SMILES string of the molecule is COC(=O)[C@@H](C)C(O)C(=O)OC(C)(C)C. The van der Waals surface area contributed by atoms with Crippen LogP contribution >= 0.6 is 0 Å². The lowest BCUT2D eigenvalue weighted by Crippen LogP contribution is -2.38. The van der Waals surface area contributed by atoms with Gasteiger partial charge >= 0.3 is 11.9 Å². The third kappa shape index (κ3) is 4.78. The lowest BCUT2D eigenvalue weighted by atomic mass is 10.1. The van der Waals surface area contributed by atoms with Gasteiger partial charge in [-0.3, -0.25) is 4.79 Å². The molecule has 0 fully saturated rings. The van der Waals surface area contributed by atoms with E-state index in [1.54, 1.807) is 20.8 Å². The second kappa shape index (κ2) is 5.11. The van der Waals surface area contributed by atoms with Crippen molar-refractivity contribution in [3.05, 3.63) is 0 Å². The number of carbonyl (C=O) groups is 2. The van der Waals surface area contributed by atoms with Crippen LogP contribution < -0.4 is 0 Å². The Kier molecular flexibility index (Phi) is 4.74. The molecule has 0 aliphatic rings. The third-order valence-electron chi connectivity index (χ3n) is 1.69. The normalized spacial score (nSPS) is 15.3. The summed E-state index contributed by atoms with van der Waals surface area (Å²) >= 11 is 0. The van der Waals surface area contributed by atoms with E-state index in [1.165, 1.54) is 14.0 Å². The van der Waals surface area contributed by atoms with Gasteiger partial charge in [0.05, 0.1) is 13.0 Å². The maximum absolute atomic E-state index is 11.3. The predicted molar refractivity (Wildman–Crippen MR) is 53.0 cm³/mol. The zero-order valence-corrected chi connectivity index (χ0v) is 9.73. The molecule has 1 unspecified atom stereocenters. The second-order valence-corrected chi connectivity index (χ2v) is 4.29. The fourth-order valence-electron chi connectivity index (χ4n) is 0.881. The third-order valence-corrected chi connectivity index (χ3v) is 1.69. The molecule has 0 saturated heterocycles. The standard InChI is InChI=1S/C10H18O5/c1-6(8(12)14-5)7(11)9(13)15-10(2,3)4/h6-7,11H,1-5H3/t6-,7?/m0/s1. The molecule has 5 nitrogen and oxygen atoms in total. The smallest absolute Gasteiger partial charge is 0.336 e. The van der Waals surface area contributed by atoms with Crippen LogP contribution in [0.3, 0.4) is 0 Å². The van der Waals surface area contributed by atoms with E-state index in [-0.39, 0.29) is 0 Å². The number of ether oxygens (including phenoxy) is 2. The first-order valence-electron chi connectivity index (χ1n) is 4.68. The summed E-state index contributed by atoms with van der Waals surface area (Å²) in [4.78, 5) is 22.4. The molecule has 0 aliphatic heterocycles. The lowest BCUT2D eigenvalue weighted by molar-refractivity contribution is -0.173. The van der Waals surface area contributed by atoms with Crippen LogP contribution in [0, 0.1) is 5.92 Å². The number of methoxy groups -OCH3 is 1. The molecule has 0 aromatic heterocycles. The number of hydrogen-bond donors (Lipinski definition) is 1. The quantitative estimate of drug-likeness (QED) is 0.698. The van der Waals surface area contributed by atoms with Gasteiger partial charge in [-0.05, 0) is 27.7 Å². The van der Waals surface area contributed by atoms with E-state index in [1.807, 2.05) is 0 Å². The van der Waals surface area contributed by atoms with Gasteiger partial charge in [0.1, 0.15) is 5.60 Å².